The molecule has 0 radical (unpaired) electrons. The van der Waals surface area contributed by atoms with Gasteiger partial charge in [0.25, 0.3) is 0 Å². The Kier molecular flexibility index (Phi) is 7.53. The predicted molar refractivity (Wildman–Crippen MR) is 212 cm³/mol. The fourth-order valence-corrected chi connectivity index (χ4v) is 7.15. The van der Waals surface area contributed by atoms with Crippen LogP contribution in [0.4, 0.5) is 17.1 Å². The first-order valence-corrected chi connectivity index (χ1v) is 17.1. The number of hydrogen-bond acceptors (Lipinski definition) is 1. The Labute approximate surface area is 292 Å². The topological polar surface area (TPSA) is 8.17 Å². The van der Waals surface area contributed by atoms with Gasteiger partial charge < -0.3 is 9.47 Å². The van der Waals surface area contributed by atoms with Crippen molar-refractivity contribution in [1.82, 2.24) is 4.57 Å². The zero-order valence-corrected chi connectivity index (χ0v) is 27.5. The Balaban J connectivity index is 1.06. The van der Waals surface area contributed by atoms with Gasteiger partial charge >= 0.3 is 0 Å². The molecular weight excluding hydrogens is 605 g/mol. The van der Waals surface area contributed by atoms with Crippen molar-refractivity contribution in [3.05, 3.63) is 206 Å². The monoisotopic (exact) mass is 638 g/mol. The fraction of sp³-hybridized carbons (Fsp3) is 0. The maximum atomic E-state index is 2.36. The largest absolute Gasteiger partial charge is 0.311 e. The summed E-state index contributed by atoms with van der Waals surface area (Å²) in [5.41, 5.74) is 14.2. The van der Waals surface area contributed by atoms with Gasteiger partial charge in [-0.3, -0.25) is 0 Å². The van der Waals surface area contributed by atoms with Crippen molar-refractivity contribution in [1.29, 1.82) is 0 Å². The van der Waals surface area contributed by atoms with Crippen LogP contribution < -0.4 is 4.90 Å². The van der Waals surface area contributed by atoms with Crippen LogP contribution in [-0.4, -0.2) is 4.57 Å². The molecule has 50 heavy (non-hydrogen) atoms. The first-order valence-electron chi connectivity index (χ1n) is 17.1. The Morgan fingerprint density at radius 1 is 0.280 bits per heavy atom. The summed E-state index contributed by atoms with van der Waals surface area (Å²) in [6.07, 6.45) is 0. The van der Waals surface area contributed by atoms with Gasteiger partial charge in [0.2, 0.25) is 0 Å². The molecule has 2 heteroatoms. The molecule has 1 aromatic heterocycles. The highest BCUT2D eigenvalue weighted by Crippen LogP contribution is 2.39. The molecule has 9 aromatic rings. The van der Waals surface area contributed by atoms with E-state index in [-0.39, 0.29) is 0 Å². The number of aromatic nitrogens is 1. The summed E-state index contributed by atoms with van der Waals surface area (Å²) < 4.78 is 2.36. The van der Waals surface area contributed by atoms with Gasteiger partial charge in [0.05, 0.1) is 11.0 Å². The summed E-state index contributed by atoms with van der Waals surface area (Å²) in [7, 11) is 0. The van der Waals surface area contributed by atoms with Crippen LogP contribution in [0, 0.1) is 0 Å². The molecule has 0 bridgehead atoms. The maximum absolute atomic E-state index is 2.36. The molecule has 0 saturated heterocycles. The molecule has 8 aromatic carbocycles. The van der Waals surface area contributed by atoms with Crippen LogP contribution in [0.2, 0.25) is 0 Å². The summed E-state index contributed by atoms with van der Waals surface area (Å²) in [6.45, 7) is 0. The molecule has 236 valence electrons. The maximum Gasteiger partial charge on any atom is 0.0541 e. The van der Waals surface area contributed by atoms with Gasteiger partial charge in [-0.2, -0.15) is 0 Å². The normalized spacial score (nSPS) is 11.2. The zero-order chi connectivity index (χ0) is 33.3. The van der Waals surface area contributed by atoms with Crippen LogP contribution >= 0.6 is 0 Å². The standard InChI is InChI=1S/C48H34N2/c1-4-13-35(14-5-1)38-15-12-16-39(33-38)36-23-28-43(29-24-36)49(41-17-6-2-7-18-41)44-30-25-37(26-31-44)40-27-32-48-46(34-40)45-21-10-11-22-47(45)50(48)42-19-8-3-9-20-42/h1-34H. The number of rotatable bonds is 7. The highest BCUT2D eigenvalue weighted by molar-refractivity contribution is 6.10. The summed E-state index contributed by atoms with van der Waals surface area (Å²) in [5.74, 6) is 0. The van der Waals surface area contributed by atoms with Crippen molar-refractivity contribution in [2.24, 2.45) is 0 Å². The molecule has 0 unspecified atom stereocenters. The van der Waals surface area contributed by atoms with Crippen molar-refractivity contribution >= 4 is 38.9 Å². The van der Waals surface area contributed by atoms with E-state index in [1.165, 1.54) is 60.9 Å². The first-order chi connectivity index (χ1) is 24.8. The third kappa shape index (κ3) is 5.43. The second-order valence-electron chi connectivity index (χ2n) is 12.6. The van der Waals surface area contributed by atoms with Gasteiger partial charge in [-0.25, -0.2) is 0 Å². The molecule has 2 nitrogen and oxygen atoms in total. The average molecular weight is 639 g/mol. The van der Waals surface area contributed by atoms with Gasteiger partial charge in [-0.1, -0.05) is 133 Å². The van der Waals surface area contributed by atoms with Crippen molar-refractivity contribution in [3.8, 4) is 39.1 Å². The second kappa shape index (κ2) is 12.8. The summed E-state index contributed by atoms with van der Waals surface area (Å²) in [6, 6.07) is 74.0. The van der Waals surface area contributed by atoms with Gasteiger partial charge in [0.1, 0.15) is 0 Å². The third-order valence-corrected chi connectivity index (χ3v) is 9.59. The molecule has 9 rings (SSSR count). The number of anilines is 3. The van der Waals surface area contributed by atoms with Crippen LogP contribution in [0.15, 0.2) is 206 Å². The Bertz CT molecular complexity index is 2550. The molecule has 0 spiro atoms. The van der Waals surface area contributed by atoms with E-state index < -0.39 is 0 Å². The Morgan fingerprint density at radius 2 is 0.720 bits per heavy atom. The molecule has 0 aliphatic heterocycles. The lowest BCUT2D eigenvalue weighted by molar-refractivity contribution is 1.18. The van der Waals surface area contributed by atoms with Crippen LogP contribution in [-0.2, 0) is 0 Å². The quantitative estimate of drug-likeness (QED) is 0.169. The molecule has 0 aliphatic carbocycles. The number of fused-ring (bicyclic) bond motifs is 3. The van der Waals surface area contributed by atoms with E-state index in [4.69, 9.17) is 0 Å². The number of hydrogen-bond donors (Lipinski definition) is 0. The molecule has 0 fully saturated rings. The first kappa shape index (κ1) is 29.5. The van der Waals surface area contributed by atoms with Gasteiger partial charge in [0, 0.05) is 33.5 Å². The lowest BCUT2D eigenvalue weighted by Gasteiger charge is -2.26. The summed E-state index contributed by atoms with van der Waals surface area (Å²) in [4.78, 5) is 2.32. The molecule has 0 saturated carbocycles. The SMILES string of the molecule is c1ccc(-c2cccc(-c3ccc(N(c4ccccc4)c4ccc(-c5ccc6c(c5)c5ccccc5n6-c5ccccc5)cc4)cc3)c2)cc1. The predicted octanol–water partition coefficient (Wildman–Crippen LogP) is 13.3. The van der Waals surface area contributed by atoms with Crippen molar-refractivity contribution in [3.63, 3.8) is 0 Å². The van der Waals surface area contributed by atoms with Gasteiger partial charge in [-0.05, 0) is 106 Å². The summed E-state index contributed by atoms with van der Waals surface area (Å²) >= 11 is 0. The van der Waals surface area contributed by atoms with E-state index in [9.17, 15) is 0 Å². The van der Waals surface area contributed by atoms with E-state index in [0.29, 0.717) is 0 Å². The molecule has 1 heterocycles. The van der Waals surface area contributed by atoms with Crippen LogP contribution in [0.25, 0.3) is 60.9 Å². The molecule has 0 amide bonds. The van der Waals surface area contributed by atoms with E-state index in [1.807, 2.05) is 0 Å². The lowest BCUT2D eigenvalue weighted by Crippen LogP contribution is -2.09. The van der Waals surface area contributed by atoms with Crippen molar-refractivity contribution in [2.45, 2.75) is 0 Å². The number of nitrogens with zero attached hydrogens (tertiary/aromatic N) is 2. The molecule has 0 N–H and O–H groups in total. The van der Waals surface area contributed by atoms with E-state index >= 15 is 0 Å². The number of para-hydroxylation sites is 3. The van der Waals surface area contributed by atoms with Crippen LogP contribution in [0.5, 0.6) is 0 Å². The Hall–Kier alpha value is -6.64. The van der Waals surface area contributed by atoms with Crippen LogP contribution in [0.3, 0.4) is 0 Å². The second-order valence-corrected chi connectivity index (χ2v) is 12.6. The third-order valence-electron chi connectivity index (χ3n) is 9.59. The van der Waals surface area contributed by atoms with Gasteiger partial charge in [-0.15, -0.1) is 0 Å². The van der Waals surface area contributed by atoms with Gasteiger partial charge in [0.15, 0.2) is 0 Å². The smallest absolute Gasteiger partial charge is 0.0541 e. The average Bonchev–Trinajstić information content (AvgIpc) is 3.53. The van der Waals surface area contributed by atoms with Crippen molar-refractivity contribution in [2.75, 3.05) is 4.90 Å². The lowest BCUT2D eigenvalue weighted by atomic mass is 9.99. The molecule has 0 aliphatic rings. The highest BCUT2D eigenvalue weighted by atomic mass is 15.1. The van der Waals surface area contributed by atoms with Crippen LogP contribution in [0.1, 0.15) is 0 Å². The minimum Gasteiger partial charge on any atom is -0.311 e. The van der Waals surface area contributed by atoms with E-state index in [1.54, 1.807) is 0 Å². The Morgan fingerprint density at radius 3 is 1.36 bits per heavy atom. The fourth-order valence-electron chi connectivity index (χ4n) is 7.15. The molecular formula is C48H34N2. The van der Waals surface area contributed by atoms with Crippen molar-refractivity contribution < 1.29 is 0 Å². The minimum atomic E-state index is 1.11. The number of benzene rings is 8. The summed E-state index contributed by atoms with van der Waals surface area (Å²) in [5, 5.41) is 2.52. The highest BCUT2D eigenvalue weighted by Gasteiger charge is 2.15. The molecule has 0 atom stereocenters. The van der Waals surface area contributed by atoms with E-state index in [0.717, 1.165) is 17.1 Å². The van der Waals surface area contributed by atoms with E-state index in [2.05, 4.69) is 216 Å². The zero-order valence-electron chi connectivity index (χ0n) is 27.5. The minimum absolute atomic E-state index is 1.11.